The first-order valence-electron chi connectivity index (χ1n) is 6.86. The van der Waals surface area contributed by atoms with Gasteiger partial charge in [0, 0.05) is 5.69 Å². The molecule has 2 aromatic carbocycles. The number of anilines is 2. The maximum absolute atomic E-state index is 12.4. The van der Waals surface area contributed by atoms with Gasteiger partial charge in [-0.1, -0.05) is 12.1 Å². The summed E-state index contributed by atoms with van der Waals surface area (Å²) in [6, 6.07) is 14.7. The third-order valence-electron chi connectivity index (χ3n) is 3.44. The van der Waals surface area contributed by atoms with Crippen molar-refractivity contribution in [2.24, 2.45) is 0 Å². The number of nitrogens with zero attached hydrogens (tertiary/aromatic N) is 2. The standard InChI is InChI=1S/C17H11N3O3/c18-10-9-15(21)19-11-5-7-12(8-6-11)20-16(22)13-3-1-2-4-14(13)17(20)23/h1-8H,9H2,(H,19,21). The highest BCUT2D eigenvalue weighted by atomic mass is 16.2. The molecule has 3 amide bonds. The average molecular weight is 305 g/mol. The minimum atomic E-state index is -0.416. The van der Waals surface area contributed by atoms with Crippen LogP contribution in [-0.4, -0.2) is 17.7 Å². The van der Waals surface area contributed by atoms with Gasteiger partial charge in [0.05, 0.1) is 22.9 Å². The molecule has 0 spiro atoms. The fraction of sp³-hybridized carbons (Fsp3) is 0.0588. The predicted molar refractivity (Wildman–Crippen MR) is 82.9 cm³/mol. The van der Waals surface area contributed by atoms with Crippen LogP contribution in [0, 0.1) is 11.3 Å². The van der Waals surface area contributed by atoms with Crippen LogP contribution in [0.1, 0.15) is 27.1 Å². The van der Waals surface area contributed by atoms with E-state index in [4.69, 9.17) is 5.26 Å². The zero-order valence-electron chi connectivity index (χ0n) is 11.9. The molecule has 0 aromatic heterocycles. The summed E-state index contributed by atoms with van der Waals surface area (Å²) in [5.74, 6) is -1.15. The van der Waals surface area contributed by atoms with Gasteiger partial charge >= 0.3 is 0 Å². The van der Waals surface area contributed by atoms with E-state index in [1.165, 1.54) is 0 Å². The molecule has 0 atom stereocenters. The third kappa shape index (κ3) is 2.56. The van der Waals surface area contributed by atoms with E-state index in [1.807, 2.05) is 0 Å². The molecule has 1 N–H and O–H groups in total. The lowest BCUT2D eigenvalue weighted by Gasteiger charge is -2.14. The number of carbonyl (C=O) groups excluding carboxylic acids is 3. The van der Waals surface area contributed by atoms with E-state index in [-0.39, 0.29) is 18.2 Å². The van der Waals surface area contributed by atoms with E-state index < -0.39 is 5.91 Å². The molecule has 112 valence electrons. The van der Waals surface area contributed by atoms with Crippen LogP contribution in [0.5, 0.6) is 0 Å². The molecular weight excluding hydrogens is 294 g/mol. The van der Waals surface area contributed by atoms with Crippen molar-refractivity contribution in [2.75, 3.05) is 10.2 Å². The number of rotatable bonds is 3. The summed E-state index contributed by atoms with van der Waals surface area (Å²) in [5.41, 5.74) is 1.67. The molecular formula is C17H11N3O3. The van der Waals surface area contributed by atoms with Crippen LogP contribution in [0.4, 0.5) is 11.4 Å². The summed E-state index contributed by atoms with van der Waals surface area (Å²) in [5, 5.41) is 11.0. The molecule has 1 heterocycles. The summed E-state index contributed by atoms with van der Waals surface area (Å²) in [7, 11) is 0. The zero-order chi connectivity index (χ0) is 16.4. The minimum absolute atomic E-state index is 0.236. The summed E-state index contributed by atoms with van der Waals surface area (Å²) in [6.45, 7) is 0. The van der Waals surface area contributed by atoms with E-state index >= 15 is 0 Å². The topological polar surface area (TPSA) is 90.3 Å². The van der Waals surface area contributed by atoms with E-state index in [2.05, 4.69) is 5.32 Å². The number of amides is 3. The number of benzene rings is 2. The lowest BCUT2D eigenvalue weighted by molar-refractivity contribution is -0.115. The second kappa shape index (κ2) is 5.73. The molecule has 0 unspecified atom stereocenters. The molecule has 0 aliphatic carbocycles. The van der Waals surface area contributed by atoms with Crippen molar-refractivity contribution in [1.29, 1.82) is 5.26 Å². The predicted octanol–water partition coefficient (Wildman–Crippen LogP) is 2.34. The summed E-state index contributed by atoms with van der Waals surface area (Å²) >= 11 is 0. The van der Waals surface area contributed by atoms with Crippen molar-refractivity contribution in [3.8, 4) is 6.07 Å². The maximum Gasteiger partial charge on any atom is 0.266 e. The molecule has 23 heavy (non-hydrogen) atoms. The van der Waals surface area contributed by atoms with Crippen molar-refractivity contribution in [3.05, 3.63) is 59.7 Å². The minimum Gasteiger partial charge on any atom is -0.325 e. The van der Waals surface area contributed by atoms with E-state index in [9.17, 15) is 14.4 Å². The Morgan fingerprint density at radius 3 is 2.09 bits per heavy atom. The number of hydrogen-bond donors (Lipinski definition) is 1. The maximum atomic E-state index is 12.4. The Morgan fingerprint density at radius 2 is 1.57 bits per heavy atom. The first-order chi connectivity index (χ1) is 11.1. The van der Waals surface area contributed by atoms with Gasteiger partial charge in [0.1, 0.15) is 6.42 Å². The van der Waals surface area contributed by atoms with E-state index in [1.54, 1.807) is 54.6 Å². The van der Waals surface area contributed by atoms with Gasteiger partial charge in [-0.25, -0.2) is 4.90 Å². The quantitative estimate of drug-likeness (QED) is 0.881. The summed E-state index contributed by atoms with van der Waals surface area (Å²) in [6.07, 6.45) is -0.236. The van der Waals surface area contributed by atoms with Crippen LogP contribution in [0.25, 0.3) is 0 Å². The number of carbonyl (C=O) groups is 3. The molecule has 1 aliphatic heterocycles. The Kier molecular flexibility index (Phi) is 3.61. The average Bonchev–Trinajstić information content (AvgIpc) is 2.81. The molecule has 1 aliphatic rings. The Balaban J connectivity index is 1.84. The number of imide groups is 1. The van der Waals surface area contributed by atoms with Crippen molar-refractivity contribution in [2.45, 2.75) is 6.42 Å². The highest BCUT2D eigenvalue weighted by Gasteiger charge is 2.36. The number of nitrogens with one attached hydrogen (secondary N) is 1. The molecule has 3 rings (SSSR count). The number of nitriles is 1. The third-order valence-corrected chi connectivity index (χ3v) is 3.44. The van der Waals surface area contributed by atoms with E-state index in [0.717, 1.165) is 4.90 Å². The van der Waals surface area contributed by atoms with Gasteiger partial charge in [-0.05, 0) is 36.4 Å². The lowest BCUT2D eigenvalue weighted by Crippen LogP contribution is -2.29. The first kappa shape index (κ1) is 14.5. The smallest absolute Gasteiger partial charge is 0.266 e. The van der Waals surface area contributed by atoms with Crippen LogP contribution >= 0.6 is 0 Å². The molecule has 0 bridgehead atoms. The van der Waals surface area contributed by atoms with Crippen molar-refractivity contribution >= 4 is 29.1 Å². The van der Waals surface area contributed by atoms with Crippen LogP contribution in [0.15, 0.2) is 48.5 Å². The Hall–Kier alpha value is -3.46. The second-order valence-corrected chi connectivity index (χ2v) is 4.92. The molecule has 6 heteroatoms. The monoisotopic (exact) mass is 305 g/mol. The van der Waals surface area contributed by atoms with Gasteiger partial charge in [0.2, 0.25) is 5.91 Å². The van der Waals surface area contributed by atoms with Gasteiger partial charge in [0.15, 0.2) is 0 Å². The highest BCUT2D eigenvalue weighted by molar-refractivity contribution is 6.34. The lowest BCUT2D eigenvalue weighted by atomic mass is 10.1. The molecule has 0 saturated heterocycles. The first-order valence-corrected chi connectivity index (χ1v) is 6.86. The molecule has 0 fully saturated rings. The largest absolute Gasteiger partial charge is 0.325 e. The van der Waals surface area contributed by atoms with Gasteiger partial charge in [-0.15, -0.1) is 0 Å². The van der Waals surface area contributed by atoms with Crippen molar-refractivity contribution in [1.82, 2.24) is 0 Å². The Bertz CT molecular complexity index is 815. The number of fused-ring (bicyclic) bond motifs is 1. The van der Waals surface area contributed by atoms with Gasteiger partial charge in [-0.2, -0.15) is 5.26 Å². The molecule has 0 saturated carbocycles. The molecule has 6 nitrogen and oxygen atoms in total. The highest BCUT2D eigenvalue weighted by Crippen LogP contribution is 2.28. The fourth-order valence-corrected chi connectivity index (χ4v) is 2.39. The normalized spacial score (nSPS) is 12.7. The van der Waals surface area contributed by atoms with Gasteiger partial charge < -0.3 is 5.32 Å². The van der Waals surface area contributed by atoms with Crippen LogP contribution in [-0.2, 0) is 4.79 Å². The molecule has 2 aromatic rings. The summed E-state index contributed by atoms with van der Waals surface area (Å²) < 4.78 is 0. The van der Waals surface area contributed by atoms with Crippen LogP contribution in [0.3, 0.4) is 0 Å². The zero-order valence-corrected chi connectivity index (χ0v) is 11.9. The summed E-state index contributed by atoms with van der Waals surface area (Å²) in [4.78, 5) is 37.2. The van der Waals surface area contributed by atoms with Gasteiger partial charge in [-0.3, -0.25) is 14.4 Å². The van der Waals surface area contributed by atoms with Crippen LogP contribution < -0.4 is 10.2 Å². The van der Waals surface area contributed by atoms with E-state index in [0.29, 0.717) is 22.5 Å². The van der Waals surface area contributed by atoms with Gasteiger partial charge in [0.25, 0.3) is 11.8 Å². The Morgan fingerprint density at radius 1 is 1.00 bits per heavy atom. The Labute approximate surface area is 131 Å². The molecule has 0 radical (unpaired) electrons. The SMILES string of the molecule is N#CCC(=O)Nc1ccc(N2C(=O)c3ccccc3C2=O)cc1. The number of hydrogen-bond acceptors (Lipinski definition) is 4. The van der Waals surface area contributed by atoms with Crippen molar-refractivity contribution < 1.29 is 14.4 Å². The van der Waals surface area contributed by atoms with Crippen LogP contribution in [0.2, 0.25) is 0 Å². The fourth-order valence-electron chi connectivity index (χ4n) is 2.39. The second-order valence-electron chi connectivity index (χ2n) is 4.92. The van der Waals surface area contributed by atoms with Crippen molar-refractivity contribution in [3.63, 3.8) is 0 Å².